The number of benzene rings is 2. The van der Waals surface area contributed by atoms with Gasteiger partial charge in [0.05, 0.1) is 4.90 Å². The van der Waals surface area contributed by atoms with E-state index in [1.165, 1.54) is 12.1 Å². The smallest absolute Gasteiger partial charge is 0.744 e. The molecule has 2 aromatic carbocycles. The fourth-order valence-electron chi connectivity index (χ4n) is 1.54. The molecule has 0 aromatic heterocycles. The maximum Gasteiger partial charge on any atom is 1.00 e. The zero-order valence-electron chi connectivity index (χ0n) is 8.67. The van der Waals surface area contributed by atoms with Gasteiger partial charge in [-0.05, 0) is 17.5 Å². The molecule has 0 saturated carbocycles. The van der Waals surface area contributed by atoms with E-state index in [1.54, 1.807) is 24.3 Å². The zero-order valence-corrected chi connectivity index (χ0v) is 12.6. The van der Waals surface area contributed by atoms with E-state index >= 15 is 0 Å². The normalized spacial score (nSPS) is 11.1. The molecule has 2 aromatic rings. The molecule has 2 N–H and O–H groups in total. The van der Waals surface area contributed by atoms with Gasteiger partial charge in [-0.1, -0.05) is 24.3 Å². The Morgan fingerprint density at radius 2 is 1.62 bits per heavy atom. The molecule has 6 heteroatoms. The molecule has 0 aliphatic rings. The predicted molar refractivity (Wildman–Crippen MR) is 56.3 cm³/mol. The summed E-state index contributed by atoms with van der Waals surface area (Å²) >= 11 is 0. The number of hydrogen-bond donors (Lipinski definition) is 1. The molecular weight excluding hydrogens is 253 g/mol. The molecule has 0 atom stereocenters. The van der Waals surface area contributed by atoms with E-state index in [2.05, 4.69) is 0 Å². The van der Waals surface area contributed by atoms with Crippen LogP contribution < -0.4 is 57.1 Å². The third kappa shape index (κ3) is 2.65. The standard InChI is InChI=1S/C10H9NO3S.K/c11-8-5-1-3-7-4-2-6-9(10(7)8)15(12,13)14;/h1-6H,11H2,(H,12,13,14);/q;+1/p-1. The third-order valence-electron chi connectivity index (χ3n) is 2.17. The average molecular weight is 261 g/mol. The van der Waals surface area contributed by atoms with Gasteiger partial charge < -0.3 is 10.3 Å². The number of nitrogens with two attached hydrogens (primary N) is 1. The Morgan fingerprint density at radius 3 is 2.19 bits per heavy atom. The monoisotopic (exact) mass is 261 g/mol. The van der Waals surface area contributed by atoms with Gasteiger partial charge in [-0.15, -0.1) is 0 Å². The zero-order chi connectivity index (χ0) is 11.1. The molecule has 78 valence electrons. The minimum absolute atomic E-state index is 0. The minimum Gasteiger partial charge on any atom is -0.744 e. The first-order chi connectivity index (χ1) is 7.00. The Hall–Kier alpha value is 0.0464. The SMILES string of the molecule is Nc1cccc2cccc(S(=O)(=O)[O-])c12.[K+]. The maximum atomic E-state index is 11.0. The molecule has 0 heterocycles. The van der Waals surface area contributed by atoms with Gasteiger partial charge in [0.25, 0.3) is 0 Å². The van der Waals surface area contributed by atoms with Crippen LogP contribution in [0.3, 0.4) is 0 Å². The van der Waals surface area contributed by atoms with Crippen molar-refractivity contribution in [2.24, 2.45) is 0 Å². The molecule has 16 heavy (non-hydrogen) atoms. The quantitative estimate of drug-likeness (QED) is 0.378. The molecule has 0 radical (unpaired) electrons. The topological polar surface area (TPSA) is 83.2 Å². The predicted octanol–water partition coefficient (Wildman–Crippen LogP) is -1.67. The van der Waals surface area contributed by atoms with Crippen LogP contribution in [0.2, 0.25) is 0 Å². The van der Waals surface area contributed by atoms with Crippen molar-refractivity contribution in [3.8, 4) is 0 Å². The van der Waals surface area contributed by atoms with Gasteiger partial charge >= 0.3 is 51.4 Å². The van der Waals surface area contributed by atoms with Crippen molar-refractivity contribution in [2.75, 3.05) is 5.73 Å². The second-order valence-corrected chi connectivity index (χ2v) is 4.50. The molecule has 0 amide bonds. The molecule has 0 unspecified atom stereocenters. The fourth-order valence-corrected chi connectivity index (χ4v) is 2.27. The van der Waals surface area contributed by atoms with Crippen molar-refractivity contribution in [3.63, 3.8) is 0 Å². The van der Waals surface area contributed by atoms with Gasteiger partial charge in [0.1, 0.15) is 10.1 Å². The van der Waals surface area contributed by atoms with Gasteiger partial charge in [-0.3, -0.25) is 0 Å². The Bertz CT molecular complexity index is 620. The minimum atomic E-state index is -4.48. The van der Waals surface area contributed by atoms with Gasteiger partial charge in [0.15, 0.2) is 0 Å². The van der Waals surface area contributed by atoms with Crippen molar-refractivity contribution < 1.29 is 64.4 Å². The van der Waals surface area contributed by atoms with Crippen LogP contribution in [0.15, 0.2) is 41.3 Å². The first-order valence-corrected chi connectivity index (χ1v) is 5.64. The second-order valence-electron chi connectivity index (χ2n) is 3.16. The molecular formula is C10H8KNO3S. The number of fused-ring (bicyclic) bond motifs is 1. The van der Waals surface area contributed by atoms with Crippen LogP contribution in [0.5, 0.6) is 0 Å². The number of hydrogen-bond acceptors (Lipinski definition) is 4. The number of anilines is 1. The third-order valence-corrected chi connectivity index (χ3v) is 3.05. The summed E-state index contributed by atoms with van der Waals surface area (Å²) in [5.41, 5.74) is 5.94. The summed E-state index contributed by atoms with van der Waals surface area (Å²) in [5.74, 6) is 0. The van der Waals surface area contributed by atoms with Gasteiger partial charge in [-0.25, -0.2) is 8.42 Å². The van der Waals surface area contributed by atoms with Gasteiger partial charge in [-0.2, -0.15) is 0 Å². The van der Waals surface area contributed by atoms with Gasteiger partial charge in [0.2, 0.25) is 0 Å². The number of rotatable bonds is 1. The van der Waals surface area contributed by atoms with E-state index in [1.807, 2.05) is 0 Å². The molecule has 0 saturated heterocycles. The molecule has 2 rings (SSSR count). The summed E-state index contributed by atoms with van der Waals surface area (Å²) in [6.45, 7) is 0. The second kappa shape index (κ2) is 5.13. The van der Waals surface area contributed by atoms with Crippen molar-refractivity contribution in [1.29, 1.82) is 0 Å². The van der Waals surface area contributed by atoms with Gasteiger partial charge in [0, 0.05) is 11.1 Å². The van der Waals surface area contributed by atoms with Crippen molar-refractivity contribution in [3.05, 3.63) is 36.4 Å². The molecule has 4 nitrogen and oxygen atoms in total. The van der Waals surface area contributed by atoms with E-state index in [4.69, 9.17) is 5.73 Å². The van der Waals surface area contributed by atoms with Crippen LogP contribution in [0.4, 0.5) is 5.69 Å². The summed E-state index contributed by atoms with van der Waals surface area (Å²) in [7, 11) is -4.48. The summed E-state index contributed by atoms with van der Waals surface area (Å²) in [6, 6.07) is 9.48. The molecule has 0 fully saturated rings. The van der Waals surface area contributed by atoms with Crippen LogP contribution in [0.25, 0.3) is 10.8 Å². The van der Waals surface area contributed by atoms with Crippen LogP contribution in [-0.2, 0) is 10.1 Å². The fraction of sp³-hybridized carbons (Fsp3) is 0. The van der Waals surface area contributed by atoms with Crippen LogP contribution in [-0.4, -0.2) is 13.0 Å². The van der Waals surface area contributed by atoms with Crippen molar-refractivity contribution >= 4 is 26.6 Å². The van der Waals surface area contributed by atoms with Crippen LogP contribution >= 0.6 is 0 Å². The van der Waals surface area contributed by atoms with E-state index in [0.717, 1.165) is 0 Å². The van der Waals surface area contributed by atoms with Crippen LogP contribution in [0, 0.1) is 0 Å². The first kappa shape index (κ1) is 14.1. The molecule has 0 spiro atoms. The molecule has 0 aliphatic carbocycles. The summed E-state index contributed by atoms with van der Waals surface area (Å²) in [5, 5.41) is 0.946. The van der Waals surface area contributed by atoms with Crippen molar-refractivity contribution in [1.82, 2.24) is 0 Å². The Labute approximate surface area is 136 Å². The van der Waals surface area contributed by atoms with E-state index in [0.29, 0.717) is 16.5 Å². The van der Waals surface area contributed by atoms with E-state index < -0.39 is 10.1 Å². The largest absolute Gasteiger partial charge is 1.00 e. The molecule has 0 bridgehead atoms. The maximum absolute atomic E-state index is 11.0. The van der Waals surface area contributed by atoms with Crippen molar-refractivity contribution in [2.45, 2.75) is 4.90 Å². The average Bonchev–Trinajstić information content (AvgIpc) is 2.16. The summed E-state index contributed by atoms with van der Waals surface area (Å²) in [4.78, 5) is -0.266. The Morgan fingerprint density at radius 1 is 1.06 bits per heavy atom. The first-order valence-electron chi connectivity index (χ1n) is 4.23. The summed E-state index contributed by atoms with van der Waals surface area (Å²) < 4.78 is 33.0. The van der Waals surface area contributed by atoms with E-state index in [-0.39, 0.29) is 56.3 Å². The molecule has 0 aliphatic heterocycles. The Kier molecular flexibility index (Phi) is 4.53. The summed E-state index contributed by atoms with van der Waals surface area (Å²) in [6.07, 6.45) is 0. The Balaban J connectivity index is 0.00000128. The van der Waals surface area contributed by atoms with Crippen LogP contribution in [0.1, 0.15) is 0 Å². The van der Waals surface area contributed by atoms with E-state index in [9.17, 15) is 13.0 Å². The number of nitrogen functional groups attached to an aromatic ring is 1.